The lowest BCUT2D eigenvalue weighted by molar-refractivity contribution is 0.263. The van der Waals surface area contributed by atoms with Gasteiger partial charge in [-0.2, -0.15) is 15.8 Å². The number of aromatic hydroxyl groups is 1. The van der Waals surface area contributed by atoms with Crippen molar-refractivity contribution < 1.29 is 23.7 Å². The van der Waals surface area contributed by atoms with E-state index in [1.54, 1.807) is 79.3 Å². The lowest BCUT2D eigenvalue weighted by atomic mass is 10.1. The van der Waals surface area contributed by atoms with Crippen LogP contribution in [0.4, 0.5) is 4.39 Å². The lowest BCUT2D eigenvalue weighted by Gasteiger charge is -2.15. The summed E-state index contributed by atoms with van der Waals surface area (Å²) >= 11 is 12.0. The highest BCUT2D eigenvalue weighted by Gasteiger charge is 2.17. The molecule has 2 fully saturated rings. The molecule has 4 aromatic carbocycles. The van der Waals surface area contributed by atoms with Crippen LogP contribution < -0.4 is 14.2 Å². The number of nitrogens with zero attached hydrogens (tertiary/aromatic N) is 8. The minimum atomic E-state index is -0.430. The van der Waals surface area contributed by atoms with Crippen molar-refractivity contribution in [2.45, 2.75) is 45.4 Å². The molecule has 4 aromatic heterocycles. The van der Waals surface area contributed by atoms with E-state index in [2.05, 4.69) is 41.9 Å². The zero-order valence-electron chi connectivity index (χ0n) is 37.9. The minimum absolute atomic E-state index is 0.0743. The third-order valence-electron chi connectivity index (χ3n) is 12.0. The molecule has 6 heterocycles. The van der Waals surface area contributed by atoms with Crippen LogP contribution in [0.5, 0.6) is 28.7 Å². The number of ether oxygens (including phenoxy) is 3. The number of aryl methyl sites for hydroxylation is 1. The Bertz CT molecular complexity index is 3260. The molecule has 2 saturated heterocycles. The number of hydrogen-bond donors (Lipinski definition) is 2. The molecule has 8 aromatic rings. The summed E-state index contributed by atoms with van der Waals surface area (Å²) in [6, 6.07) is 26.4. The average Bonchev–Trinajstić information content (AvgIpc) is 4.17. The van der Waals surface area contributed by atoms with E-state index in [-0.39, 0.29) is 17.1 Å². The second-order valence-corrected chi connectivity index (χ2v) is 17.6. The van der Waals surface area contributed by atoms with Crippen LogP contribution in [0, 0.1) is 46.7 Å². The summed E-state index contributed by atoms with van der Waals surface area (Å²) in [6.45, 7) is 9.79. The number of halogens is 3. The summed E-state index contributed by atoms with van der Waals surface area (Å²) in [5.41, 5.74) is 4.65. The number of benzene rings is 4. The van der Waals surface area contributed by atoms with Gasteiger partial charge in [-0.15, -0.1) is 0 Å². The predicted molar refractivity (Wildman–Crippen MR) is 266 cm³/mol. The van der Waals surface area contributed by atoms with Crippen molar-refractivity contribution in [3.8, 4) is 47.0 Å². The normalized spacial score (nSPS) is 13.6. The third kappa shape index (κ3) is 11.7. The Morgan fingerprint density at radius 2 is 1.10 bits per heavy atom. The number of hydrogen-bond acceptors (Lipinski definition) is 12. The van der Waals surface area contributed by atoms with Crippen LogP contribution in [0.2, 0.25) is 10.0 Å². The smallest absolute Gasteiger partial charge is 0.175 e. The van der Waals surface area contributed by atoms with E-state index in [0.717, 1.165) is 61.1 Å². The van der Waals surface area contributed by atoms with Crippen LogP contribution in [0.15, 0.2) is 91.4 Å². The molecule has 0 saturated carbocycles. The summed E-state index contributed by atoms with van der Waals surface area (Å²) < 4.78 is 32.7. The Balaban J connectivity index is 0.000000153. The fraction of sp³-hybridized carbons (Fsp3) is 0.283. The number of H-pyrrole nitrogens is 1. The SMILES string of the molecule is Cc1cc2c(F)c(Oc3ccnc4cc(OCCCN5CCCC5)c(C#N)cc34)ccc2[nH]1.N#Cc1cc2c(Cl)ccnc2cc1O.N#Cc1cc2c(Cl)ccnc2cc1OCCCN1CCCC1. The monoisotopic (exact) mass is 963 g/mol. The van der Waals surface area contributed by atoms with Gasteiger partial charge in [-0.3, -0.25) is 15.0 Å². The molecule has 0 bridgehead atoms. The molecule has 2 aliphatic rings. The van der Waals surface area contributed by atoms with Crippen molar-refractivity contribution in [3.05, 3.63) is 130 Å². The van der Waals surface area contributed by atoms with Crippen molar-refractivity contribution in [2.24, 2.45) is 0 Å². The zero-order valence-corrected chi connectivity index (χ0v) is 39.5. The quantitative estimate of drug-likeness (QED) is 0.111. The standard InChI is InChI=1S/C26H25FN4O2.C17H18ClN3O.C10H5ClN2O/c1-17-13-20-21(30-17)5-6-24(26(20)27)33-23-7-8-29-22-15-25(18(16-28)14-19(22)23)32-12-4-11-31-9-2-3-10-31;18-15-4-5-20-16-11-17(13(12-19)10-14(15)16)22-9-3-8-21-6-1-2-7-21;11-8-1-2-13-9-4-10(14)6(5-12)3-7(8)9/h5-8,13-15,30H,2-4,9-12H2,1H3;4-5,10-11H,1-3,6-9H2;1-4,14H. The molecule has 0 radical (unpaired) electrons. The maximum atomic E-state index is 15.0. The summed E-state index contributed by atoms with van der Waals surface area (Å²) in [6.07, 6.45) is 11.8. The molecule has 13 nitrogen and oxygen atoms in total. The lowest BCUT2D eigenvalue weighted by Crippen LogP contribution is -2.22. The van der Waals surface area contributed by atoms with Gasteiger partial charge in [-0.1, -0.05) is 23.2 Å². The Morgan fingerprint density at radius 3 is 1.65 bits per heavy atom. The fourth-order valence-corrected chi connectivity index (χ4v) is 8.88. The largest absolute Gasteiger partial charge is 0.506 e. The number of phenols is 1. The van der Waals surface area contributed by atoms with Crippen LogP contribution in [0.3, 0.4) is 0 Å². The Labute approximate surface area is 408 Å². The number of fused-ring (bicyclic) bond motifs is 4. The second-order valence-electron chi connectivity index (χ2n) is 16.7. The van der Waals surface area contributed by atoms with Gasteiger partial charge in [0.25, 0.3) is 0 Å². The fourth-order valence-electron chi connectivity index (χ4n) is 8.47. The van der Waals surface area contributed by atoms with Crippen LogP contribution in [-0.4, -0.2) is 87.3 Å². The molecule has 69 heavy (non-hydrogen) atoms. The first-order valence-corrected chi connectivity index (χ1v) is 23.5. The molecule has 350 valence electrons. The highest BCUT2D eigenvalue weighted by molar-refractivity contribution is 6.35. The number of phenolic OH excluding ortho intramolecular Hbond substituents is 1. The highest BCUT2D eigenvalue weighted by Crippen LogP contribution is 2.36. The molecule has 0 unspecified atom stereocenters. The number of rotatable bonds is 12. The van der Waals surface area contributed by atoms with E-state index in [4.69, 9.17) is 42.7 Å². The first kappa shape index (κ1) is 48.2. The number of aromatic nitrogens is 4. The molecule has 2 N–H and O–H groups in total. The number of likely N-dealkylation sites (tertiary alicyclic amines) is 2. The highest BCUT2D eigenvalue weighted by atomic mass is 35.5. The molecular weight excluding hydrogens is 917 g/mol. The van der Waals surface area contributed by atoms with Crippen molar-refractivity contribution in [2.75, 3.05) is 52.5 Å². The number of aromatic amines is 1. The summed E-state index contributed by atoms with van der Waals surface area (Å²) in [5, 5.41) is 40.8. The summed E-state index contributed by atoms with van der Waals surface area (Å²) in [5.74, 6) is 1.14. The zero-order chi connectivity index (χ0) is 48.3. The van der Waals surface area contributed by atoms with Gasteiger partial charge in [-0.25, -0.2) is 4.39 Å². The van der Waals surface area contributed by atoms with Crippen LogP contribution >= 0.6 is 23.2 Å². The third-order valence-corrected chi connectivity index (χ3v) is 12.6. The molecule has 16 heteroatoms. The van der Waals surface area contributed by atoms with Crippen LogP contribution in [0.1, 0.15) is 60.9 Å². The number of nitrogens with one attached hydrogen (secondary N) is 1. The van der Waals surface area contributed by atoms with Gasteiger partial charge < -0.3 is 34.1 Å². The molecular formula is C53H48Cl2FN9O4. The maximum Gasteiger partial charge on any atom is 0.175 e. The second kappa shape index (κ2) is 22.7. The Morgan fingerprint density at radius 1 is 0.609 bits per heavy atom. The molecule has 0 aliphatic carbocycles. The van der Waals surface area contributed by atoms with E-state index >= 15 is 4.39 Å². The van der Waals surface area contributed by atoms with E-state index < -0.39 is 5.82 Å². The molecule has 0 atom stereocenters. The minimum Gasteiger partial charge on any atom is -0.506 e. The van der Waals surface area contributed by atoms with Gasteiger partial charge in [0, 0.05) is 82.6 Å². The van der Waals surface area contributed by atoms with Crippen molar-refractivity contribution in [1.29, 1.82) is 15.8 Å². The molecule has 10 rings (SSSR count). The number of pyridine rings is 3. The average molecular weight is 965 g/mol. The van der Waals surface area contributed by atoms with E-state index in [9.17, 15) is 15.6 Å². The topological polar surface area (TPSA) is 180 Å². The van der Waals surface area contributed by atoms with Gasteiger partial charge in [0.15, 0.2) is 11.6 Å². The number of nitriles is 3. The Hall–Kier alpha value is -7.25. The maximum absolute atomic E-state index is 15.0. The summed E-state index contributed by atoms with van der Waals surface area (Å²) in [7, 11) is 0. The van der Waals surface area contributed by atoms with Gasteiger partial charge in [0.05, 0.1) is 56.5 Å². The molecule has 0 spiro atoms. The van der Waals surface area contributed by atoms with E-state index in [0.29, 0.717) is 78.8 Å². The summed E-state index contributed by atoms with van der Waals surface area (Å²) in [4.78, 5) is 20.7. The van der Waals surface area contributed by atoms with Crippen molar-refractivity contribution >= 4 is 66.8 Å². The Kier molecular flexibility index (Phi) is 15.9. The van der Waals surface area contributed by atoms with Crippen molar-refractivity contribution in [1.82, 2.24) is 29.7 Å². The van der Waals surface area contributed by atoms with Gasteiger partial charge in [0.1, 0.15) is 41.2 Å². The molecule has 0 amide bonds. The first-order valence-electron chi connectivity index (χ1n) is 22.8. The van der Waals surface area contributed by atoms with E-state index in [1.807, 2.05) is 13.0 Å². The van der Waals surface area contributed by atoms with Gasteiger partial charge in [-0.05, 0) is 126 Å². The van der Waals surface area contributed by atoms with Gasteiger partial charge in [0.2, 0.25) is 0 Å². The predicted octanol–water partition coefficient (Wildman–Crippen LogP) is 11.8. The van der Waals surface area contributed by atoms with E-state index in [1.165, 1.54) is 50.9 Å². The van der Waals surface area contributed by atoms with Crippen LogP contribution in [-0.2, 0) is 0 Å². The first-order chi connectivity index (χ1) is 33.6. The van der Waals surface area contributed by atoms with Crippen molar-refractivity contribution in [3.63, 3.8) is 0 Å². The van der Waals surface area contributed by atoms with Gasteiger partial charge >= 0.3 is 0 Å². The van der Waals surface area contributed by atoms with Crippen LogP contribution in [0.25, 0.3) is 43.6 Å². The molecule has 2 aliphatic heterocycles.